The van der Waals surface area contributed by atoms with Gasteiger partial charge in [-0.2, -0.15) is 0 Å². The lowest BCUT2D eigenvalue weighted by molar-refractivity contribution is -0.116. The minimum atomic E-state index is -0.457. The molecule has 1 aromatic carbocycles. The van der Waals surface area contributed by atoms with Gasteiger partial charge in [-0.25, -0.2) is 9.37 Å². The van der Waals surface area contributed by atoms with Crippen molar-refractivity contribution >= 4 is 17.8 Å². The van der Waals surface area contributed by atoms with Crippen molar-refractivity contribution in [3.63, 3.8) is 0 Å². The fraction of sp³-hybridized carbons (Fsp3) is 0.300. The van der Waals surface area contributed by atoms with Crippen LogP contribution in [0.4, 0.5) is 10.2 Å². The van der Waals surface area contributed by atoms with Crippen molar-refractivity contribution in [2.24, 2.45) is 0 Å². The van der Waals surface area contributed by atoms with Crippen molar-refractivity contribution < 1.29 is 13.9 Å². The van der Waals surface area contributed by atoms with Gasteiger partial charge in [-0.05, 0) is 54.3 Å². The summed E-state index contributed by atoms with van der Waals surface area (Å²) >= 11 is 0. The van der Waals surface area contributed by atoms with Crippen LogP contribution in [0, 0.1) is 5.82 Å². The summed E-state index contributed by atoms with van der Waals surface area (Å²) in [4.78, 5) is 18.7. The molecule has 3 rings (SSSR count). The molecule has 2 heterocycles. The first-order valence-corrected chi connectivity index (χ1v) is 8.65. The molecule has 0 saturated carbocycles. The van der Waals surface area contributed by atoms with Gasteiger partial charge in [-0.15, -0.1) is 0 Å². The monoisotopic (exact) mass is 355 g/mol. The molecular weight excluding hydrogens is 333 g/mol. The van der Waals surface area contributed by atoms with Gasteiger partial charge in [0.1, 0.15) is 5.82 Å². The summed E-state index contributed by atoms with van der Waals surface area (Å²) in [7, 11) is 1.41. The zero-order valence-electron chi connectivity index (χ0n) is 14.7. The number of aromatic nitrogens is 1. The molecule has 0 atom stereocenters. The number of amides is 1. The molecule has 2 aromatic rings. The summed E-state index contributed by atoms with van der Waals surface area (Å²) < 4.78 is 18.5. The molecule has 5 nitrogen and oxygen atoms in total. The summed E-state index contributed by atoms with van der Waals surface area (Å²) in [5.74, 6) is 0.443. The third-order valence-corrected chi connectivity index (χ3v) is 4.31. The molecule has 0 bridgehead atoms. The first kappa shape index (κ1) is 17.9. The van der Waals surface area contributed by atoms with Gasteiger partial charge in [-0.3, -0.25) is 4.79 Å². The summed E-state index contributed by atoms with van der Waals surface area (Å²) in [6.45, 7) is 2.48. The molecule has 1 aromatic heterocycles. The van der Waals surface area contributed by atoms with E-state index in [0.717, 1.165) is 24.5 Å². The SMILES string of the molecule is COc1ccc(/C=C/C(=O)NCc2ccnc(N3CCCC3)c2)cc1F. The molecule has 0 aliphatic carbocycles. The molecular formula is C20H22FN3O2. The topological polar surface area (TPSA) is 54.5 Å². The molecule has 26 heavy (non-hydrogen) atoms. The van der Waals surface area contributed by atoms with Crippen molar-refractivity contribution in [1.29, 1.82) is 0 Å². The van der Waals surface area contributed by atoms with Crippen LogP contribution >= 0.6 is 0 Å². The van der Waals surface area contributed by atoms with E-state index in [1.807, 2.05) is 12.1 Å². The van der Waals surface area contributed by atoms with Gasteiger partial charge in [0.15, 0.2) is 11.6 Å². The third kappa shape index (κ3) is 4.59. The van der Waals surface area contributed by atoms with E-state index in [-0.39, 0.29) is 11.7 Å². The van der Waals surface area contributed by atoms with Crippen molar-refractivity contribution in [3.05, 3.63) is 59.5 Å². The first-order chi connectivity index (χ1) is 12.7. The molecule has 1 fully saturated rings. The average molecular weight is 355 g/mol. The van der Waals surface area contributed by atoms with Crippen molar-refractivity contribution in [1.82, 2.24) is 10.3 Å². The number of rotatable bonds is 6. The van der Waals surface area contributed by atoms with Crippen molar-refractivity contribution in [2.45, 2.75) is 19.4 Å². The number of pyridine rings is 1. The van der Waals surface area contributed by atoms with E-state index < -0.39 is 5.82 Å². The van der Waals surface area contributed by atoms with Gasteiger partial charge >= 0.3 is 0 Å². The Morgan fingerprint density at radius 1 is 1.31 bits per heavy atom. The highest BCUT2D eigenvalue weighted by molar-refractivity contribution is 5.91. The number of anilines is 1. The fourth-order valence-electron chi connectivity index (χ4n) is 2.90. The maximum atomic E-state index is 13.6. The smallest absolute Gasteiger partial charge is 0.244 e. The molecule has 1 amide bonds. The van der Waals surface area contributed by atoms with Crippen molar-refractivity contribution in [2.75, 3.05) is 25.1 Å². The van der Waals surface area contributed by atoms with E-state index in [2.05, 4.69) is 15.2 Å². The largest absolute Gasteiger partial charge is 0.494 e. The fourth-order valence-corrected chi connectivity index (χ4v) is 2.90. The molecule has 0 spiro atoms. The van der Waals surface area contributed by atoms with Crippen LogP contribution in [0.1, 0.15) is 24.0 Å². The maximum Gasteiger partial charge on any atom is 0.244 e. The highest BCUT2D eigenvalue weighted by Crippen LogP contribution is 2.19. The minimum absolute atomic E-state index is 0.179. The lowest BCUT2D eigenvalue weighted by Gasteiger charge is -2.16. The summed E-state index contributed by atoms with van der Waals surface area (Å²) in [5, 5.41) is 2.83. The Labute approximate surface area is 152 Å². The third-order valence-electron chi connectivity index (χ3n) is 4.31. The average Bonchev–Trinajstić information content (AvgIpc) is 3.20. The second-order valence-electron chi connectivity index (χ2n) is 6.16. The molecule has 1 saturated heterocycles. The standard InChI is InChI=1S/C20H22FN3O2/c1-26-18-6-4-15(12-17(18)21)5-7-20(25)23-14-16-8-9-22-19(13-16)24-10-2-3-11-24/h4-9,12-13H,2-3,10-11,14H2,1H3,(H,23,25)/b7-5+. The van der Waals surface area contributed by atoms with Crippen LogP contribution < -0.4 is 15.0 Å². The molecule has 6 heteroatoms. The Hall–Kier alpha value is -2.89. The molecule has 136 valence electrons. The number of carbonyl (C=O) groups excluding carboxylic acids is 1. The Balaban J connectivity index is 1.55. The lowest BCUT2D eigenvalue weighted by Crippen LogP contribution is -2.22. The van der Waals surface area contributed by atoms with Crippen LogP contribution in [-0.2, 0) is 11.3 Å². The van der Waals surface area contributed by atoms with E-state index in [9.17, 15) is 9.18 Å². The maximum absolute atomic E-state index is 13.6. The van der Waals surface area contributed by atoms with Crippen LogP contribution in [0.3, 0.4) is 0 Å². The Morgan fingerprint density at radius 3 is 2.85 bits per heavy atom. The number of methoxy groups -OCH3 is 1. The molecule has 1 aliphatic heterocycles. The van der Waals surface area contributed by atoms with Gasteiger partial charge in [0.25, 0.3) is 0 Å². The van der Waals surface area contributed by atoms with Gasteiger partial charge in [0.2, 0.25) is 5.91 Å². The Bertz CT molecular complexity index is 801. The zero-order chi connectivity index (χ0) is 18.4. The number of halogens is 1. The zero-order valence-corrected chi connectivity index (χ0v) is 14.7. The normalized spacial score (nSPS) is 14.0. The van der Waals surface area contributed by atoms with E-state index in [0.29, 0.717) is 12.1 Å². The van der Waals surface area contributed by atoms with Crippen molar-refractivity contribution in [3.8, 4) is 5.75 Å². The predicted octanol–water partition coefficient (Wildman–Crippen LogP) is 3.16. The molecule has 1 aliphatic rings. The summed E-state index contributed by atoms with van der Waals surface area (Å²) in [5.41, 5.74) is 1.60. The first-order valence-electron chi connectivity index (χ1n) is 8.65. The van der Waals surface area contributed by atoms with Crippen LogP contribution in [0.15, 0.2) is 42.6 Å². The summed E-state index contributed by atoms with van der Waals surface area (Å²) in [6, 6.07) is 8.45. The van der Waals surface area contributed by atoms with E-state index in [4.69, 9.17) is 4.74 Å². The second-order valence-corrected chi connectivity index (χ2v) is 6.16. The van der Waals surface area contributed by atoms with Gasteiger partial charge in [0.05, 0.1) is 7.11 Å². The predicted molar refractivity (Wildman–Crippen MR) is 99.5 cm³/mol. The van der Waals surface area contributed by atoms with E-state index >= 15 is 0 Å². The lowest BCUT2D eigenvalue weighted by atomic mass is 10.2. The van der Waals surface area contributed by atoms with Crippen LogP contribution in [-0.4, -0.2) is 31.1 Å². The minimum Gasteiger partial charge on any atom is -0.494 e. The number of nitrogens with one attached hydrogen (secondary N) is 1. The summed E-state index contributed by atoms with van der Waals surface area (Å²) in [6.07, 6.45) is 7.12. The molecule has 0 unspecified atom stereocenters. The van der Waals surface area contributed by atoms with E-state index in [1.165, 1.54) is 38.2 Å². The number of ether oxygens (including phenoxy) is 1. The van der Waals surface area contributed by atoms with Gasteiger partial charge in [-0.1, -0.05) is 6.07 Å². The number of nitrogens with zero attached hydrogens (tertiary/aromatic N) is 2. The highest BCUT2D eigenvalue weighted by Gasteiger charge is 2.13. The Kier molecular flexibility index (Phi) is 5.84. The van der Waals surface area contributed by atoms with Crippen LogP contribution in [0.25, 0.3) is 6.08 Å². The second kappa shape index (κ2) is 8.47. The van der Waals surface area contributed by atoms with Crippen LogP contribution in [0.5, 0.6) is 5.75 Å². The van der Waals surface area contributed by atoms with E-state index in [1.54, 1.807) is 18.3 Å². The molecule has 0 radical (unpaired) electrons. The quantitative estimate of drug-likeness (QED) is 0.809. The number of carbonyl (C=O) groups is 1. The number of hydrogen-bond acceptors (Lipinski definition) is 4. The number of benzene rings is 1. The van der Waals surface area contributed by atoms with Gasteiger partial charge < -0.3 is 15.0 Å². The highest BCUT2D eigenvalue weighted by atomic mass is 19.1. The Morgan fingerprint density at radius 2 is 2.12 bits per heavy atom. The van der Waals surface area contributed by atoms with Gasteiger partial charge in [0, 0.05) is 31.9 Å². The number of hydrogen-bond donors (Lipinski definition) is 1. The molecule has 1 N–H and O–H groups in total. The van der Waals surface area contributed by atoms with Crippen LogP contribution in [0.2, 0.25) is 0 Å².